The Morgan fingerprint density at radius 3 is 2.85 bits per heavy atom. The summed E-state index contributed by atoms with van der Waals surface area (Å²) in [5.41, 5.74) is 0.657. The van der Waals surface area contributed by atoms with Crippen molar-refractivity contribution in [3.05, 3.63) is 41.5 Å². The van der Waals surface area contributed by atoms with Gasteiger partial charge in [0.2, 0.25) is 5.89 Å². The van der Waals surface area contributed by atoms with E-state index in [1.807, 2.05) is 6.07 Å². The molecule has 1 aromatic carbocycles. The molecule has 20 heavy (non-hydrogen) atoms. The third-order valence-electron chi connectivity index (χ3n) is 3.52. The fourth-order valence-corrected chi connectivity index (χ4v) is 3.13. The molecule has 0 spiro atoms. The van der Waals surface area contributed by atoms with E-state index in [-0.39, 0.29) is 5.82 Å². The second kappa shape index (κ2) is 6.37. The second-order valence-electron chi connectivity index (χ2n) is 4.93. The minimum absolute atomic E-state index is 0.192. The summed E-state index contributed by atoms with van der Waals surface area (Å²) in [6.07, 6.45) is 2.17. The Morgan fingerprint density at radius 2 is 2.05 bits per heavy atom. The van der Waals surface area contributed by atoms with Crippen LogP contribution in [-0.2, 0) is 5.75 Å². The average molecular weight is 294 g/mol. The topological polar surface area (TPSA) is 55.5 Å². The fraction of sp³-hybridized carbons (Fsp3) is 0.429. The van der Waals surface area contributed by atoms with E-state index in [2.05, 4.69) is 15.5 Å². The SMILES string of the molecule is Fc1ccccc1CSc1nnc(C2CC[NH2+]CC2)o1. The van der Waals surface area contributed by atoms with Crippen molar-refractivity contribution in [3.8, 4) is 0 Å². The molecular formula is C14H17FN3OS+. The number of benzene rings is 1. The minimum Gasteiger partial charge on any atom is -0.416 e. The lowest BCUT2D eigenvalue weighted by Gasteiger charge is -2.16. The summed E-state index contributed by atoms with van der Waals surface area (Å²) in [5, 5.41) is 11.0. The van der Waals surface area contributed by atoms with Crippen LogP contribution in [0.3, 0.4) is 0 Å². The van der Waals surface area contributed by atoms with Crippen molar-refractivity contribution >= 4 is 11.8 Å². The van der Waals surface area contributed by atoms with Gasteiger partial charge in [-0.2, -0.15) is 0 Å². The molecule has 0 bridgehead atoms. The van der Waals surface area contributed by atoms with E-state index in [1.54, 1.807) is 12.1 Å². The Bertz CT molecular complexity index is 569. The Morgan fingerprint density at radius 1 is 1.25 bits per heavy atom. The Hall–Kier alpha value is -1.40. The molecule has 4 nitrogen and oxygen atoms in total. The lowest BCUT2D eigenvalue weighted by atomic mass is 9.98. The number of piperidine rings is 1. The van der Waals surface area contributed by atoms with E-state index in [1.165, 1.54) is 17.8 Å². The predicted octanol–water partition coefficient (Wildman–Crippen LogP) is 1.94. The molecule has 0 amide bonds. The first-order chi connectivity index (χ1) is 9.83. The summed E-state index contributed by atoms with van der Waals surface area (Å²) in [7, 11) is 0. The summed E-state index contributed by atoms with van der Waals surface area (Å²) in [5.74, 6) is 1.43. The van der Waals surface area contributed by atoms with E-state index in [0.29, 0.717) is 22.5 Å². The van der Waals surface area contributed by atoms with Gasteiger partial charge in [0.1, 0.15) is 5.82 Å². The standard InChI is InChI=1S/C14H16FN3OS/c15-12-4-2-1-3-11(12)9-20-14-18-17-13(19-14)10-5-7-16-8-6-10/h1-4,10,16H,5-9H2/p+1. The van der Waals surface area contributed by atoms with E-state index < -0.39 is 0 Å². The molecule has 1 aliphatic rings. The Balaban J connectivity index is 1.61. The maximum absolute atomic E-state index is 13.5. The van der Waals surface area contributed by atoms with Crippen LogP contribution in [0.1, 0.15) is 30.2 Å². The van der Waals surface area contributed by atoms with E-state index in [0.717, 1.165) is 31.8 Å². The van der Waals surface area contributed by atoms with Crippen LogP contribution in [0.15, 0.2) is 33.9 Å². The highest BCUT2D eigenvalue weighted by molar-refractivity contribution is 7.98. The molecular weight excluding hydrogens is 277 g/mol. The zero-order valence-electron chi connectivity index (χ0n) is 11.1. The number of thioether (sulfide) groups is 1. The van der Waals surface area contributed by atoms with Gasteiger partial charge in [-0.25, -0.2) is 4.39 Å². The first-order valence-electron chi connectivity index (χ1n) is 6.84. The van der Waals surface area contributed by atoms with Gasteiger partial charge < -0.3 is 9.73 Å². The van der Waals surface area contributed by atoms with Gasteiger partial charge in [0.25, 0.3) is 5.22 Å². The minimum atomic E-state index is -0.192. The van der Waals surface area contributed by atoms with Gasteiger partial charge in [0.05, 0.1) is 13.1 Å². The lowest BCUT2D eigenvalue weighted by Crippen LogP contribution is -2.86. The highest BCUT2D eigenvalue weighted by Crippen LogP contribution is 2.27. The van der Waals surface area contributed by atoms with Crippen molar-refractivity contribution in [3.63, 3.8) is 0 Å². The van der Waals surface area contributed by atoms with Crippen LogP contribution in [-0.4, -0.2) is 23.3 Å². The maximum atomic E-state index is 13.5. The number of nitrogens with zero attached hydrogens (tertiary/aromatic N) is 2. The van der Waals surface area contributed by atoms with Crippen LogP contribution < -0.4 is 5.32 Å². The molecule has 106 valence electrons. The van der Waals surface area contributed by atoms with Crippen LogP contribution in [0.4, 0.5) is 4.39 Å². The van der Waals surface area contributed by atoms with Gasteiger partial charge in [-0.3, -0.25) is 0 Å². The summed E-state index contributed by atoms with van der Waals surface area (Å²) < 4.78 is 19.2. The second-order valence-corrected chi connectivity index (χ2v) is 5.85. The number of nitrogens with two attached hydrogens (primary N) is 1. The zero-order valence-corrected chi connectivity index (χ0v) is 11.9. The molecule has 0 unspecified atom stereocenters. The molecule has 0 radical (unpaired) electrons. The molecule has 6 heteroatoms. The molecule has 0 saturated carbocycles. The first-order valence-corrected chi connectivity index (χ1v) is 7.83. The zero-order chi connectivity index (χ0) is 13.8. The van der Waals surface area contributed by atoms with Crippen LogP contribution >= 0.6 is 11.8 Å². The lowest BCUT2D eigenvalue weighted by molar-refractivity contribution is -0.663. The Labute approximate surface area is 121 Å². The van der Waals surface area contributed by atoms with E-state index >= 15 is 0 Å². The number of rotatable bonds is 4. The molecule has 1 aromatic heterocycles. The van der Waals surface area contributed by atoms with Crippen molar-refractivity contribution in [2.24, 2.45) is 0 Å². The molecule has 0 aliphatic carbocycles. The van der Waals surface area contributed by atoms with E-state index in [4.69, 9.17) is 4.42 Å². The van der Waals surface area contributed by atoms with Crippen molar-refractivity contribution in [1.29, 1.82) is 0 Å². The molecule has 1 saturated heterocycles. The number of hydrogen-bond acceptors (Lipinski definition) is 4. The number of quaternary nitrogens is 1. The maximum Gasteiger partial charge on any atom is 0.276 e. The predicted molar refractivity (Wildman–Crippen MR) is 73.9 cm³/mol. The van der Waals surface area contributed by atoms with Crippen molar-refractivity contribution < 1.29 is 14.1 Å². The first kappa shape index (κ1) is 13.6. The fourth-order valence-electron chi connectivity index (χ4n) is 2.37. The molecule has 2 aromatic rings. The smallest absolute Gasteiger partial charge is 0.276 e. The summed E-state index contributed by atoms with van der Waals surface area (Å²) in [4.78, 5) is 0. The van der Waals surface area contributed by atoms with Crippen LogP contribution in [0.5, 0.6) is 0 Å². The average Bonchev–Trinajstić information content (AvgIpc) is 2.96. The molecule has 1 fully saturated rings. The van der Waals surface area contributed by atoms with Crippen molar-refractivity contribution in [1.82, 2.24) is 10.2 Å². The summed E-state index contributed by atoms with van der Waals surface area (Å²) in [6, 6.07) is 6.76. The normalized spacial score (nSPS) is 16.4. The van der Waals surface area contributed by atoms with Gasteiger partial charge in [-0.05, 0) is 11.6 Å². The van der Waals surface area contributed by atoms with Gasteiger partial charge in [0, 0.05) is 24.5 Å². The van der Waals surface area contributed by atoms with Gasteiger partial charge in [-0.15, -0.1) is 10.2 Å². The number of aromatic nitrogens is 2. The quantitative estimate of drug-likeness (QED) is 0.876. The van der Waals surface area contributed by atoms with Crippen LogP contribution in [0.25, 0.3) is 0 Å². The third-order valence-corrected chi connectivity index (χ3v) is 4.39. The summed E-state index contributed by atoms with van der Waals surface area (Å²) in [6.45, 7) is 2.23. The van der Waals surface area contributed by atoms with Gasteiger partial charge in [-0.1, -0.05) is 30.0 Å². The molecule has 1 aliphatic heterocycles. The highest BCUT2D eigenvalue weighted by Gasteiger charge is 2.23. The third kappa shape index (κ3) is 3.19. The number of halogens is 1. The number of hydrogen-bond donors (Lipinski definition) is 1. The van der Waals surface area contributed by atoms with Crippen molar-refractivity contribution in [2.75, 3.05) is 13.1 Å². The van der Waals surface area contributed by atoms with Gasteiger partial charge >= 0.3 is 0 Å². The summed E-state index contributed by atoms with van der Waals surface area (Å²) >= 11 is 1.38. The van der Waals surface area contributed by atoms with Crippen molar-refractivity contribution in [2.45, 2.75) is 29.7 Å². The molecule has 0 atom stereocenters. The van der Waals surface area contributed by atoms with E-state index in [9.17, 15) is 4.39 Å². The largest absolute Gasteiger partial charge is 0.416 e. The van der Waals surface area contributed by atoms with Crippen LogP contribution in [0, 0.1) is 5.82 Å². The van der Waals surface area contributed by atoms with Gasteiger partial charge in [0.15, 0.2) is 0 Å². The molecule has 2 heterocycles. The molecule has 2 N–H and O–H groups in total. The monoisotopic (exact) mass is 294 g/mol. The molecule has 3 rings (SSSR count). The van der Waals surface area contributed by atoms with Crippen LogP contribution in [0.2, 0.25) is 0 Å². The Kier molecular flexibility index (Phi) is 4.32. The highest BCUT2D eigenvalue weighted by atomic mass is 32.2.